The van der Waals surface area contributed by atoms with Gasteiger partial charge < -0.3 is 14.3 Å². The molecule has 1 unspecified atom stereocenters. The van der Waals surface area contributed by atoms with Gasteiger partial charge in [-0.05, 0) is 36.7 Å². The van der Waals surface area contributed by atoms with Crippen LogP contribution in [0.3, 0.4) is 0 Å². The third kappa shape index (κ3) is 4.50. The Morgan fingerprint density at radius 1 is 1.24 bits per heavy atom. The molecule has 0 bridgehead atoms. The lowest BCUT2D eigenvalue weighted by molar-refractivity contribution is 0.00682. The van der Waals surface area contributed by atoms with Gasteiger partial charge in [0.25, 0.3) is 5.91 Å². The number of rotatable bonds is 6. The first-order valence-electron chi connectivity index (χ1n) is 11.6. The third-order valence-corrected chi connectivity index (χ3v) is 11.3. The molecule has 1 saturated heterocycles. The van der Waals surface area contributed by atoms with Crippen molar-refractivity contribution in [3.63, 3.8) is 0 Å². The minimum atomic E-state index is -2.20. The van der Waals surface area contributed by atoms with Crippen molar-refractivity contribution in [3.8, 4) is 0 Å². The first-order valence-corrected chi connectivity index (χ1v) is 14.5. The first kappa shape index (κ1) is 24.5. The summed E-state index contributed by atoms with van der Waals surface area (Å²) in [6, 6.07) is 8.90. The summed E-state index contributed by atoms with van der Waals surface area (Å²) >= 11 is 0. The van der Waals surface area contributed by atoms with Gasteiger partial charge in [0, 0.05) is 11.1 Å². The molecule has 4 atom stereocenters. The molecule has 4 rings (SSSR count). The van der Waals surface area contributed by atoms with Crippen LogP contribution in [0, 0.1) is 0 Å². The lowest BCUT2D eigenvalue weighted by atomic mass is 10.0. The fourth-order valence-electron chi connectivity index (χ4n) is 3.85. The molecule has 1 aliphatic heterocycles. The number of nitrogens with zero attached hydrogens (tertiary/aromatic N) is 4. The van der Waals surface area contributed by atoms with Gasteiger partial charge in [-0.25, -0.2) is 9.97 Å². The fraction of sp³-hybridized carbons (Fsp3) is 0.500. The van der Waals surface area contributed by atoms with Crippen molar-refractivity contribution in [2.24, 2.45) is 0 Å². The summed E-state index contributed by atoms with van der Waals surface area (Å²) in [6.45, 7) is 12.8. The molecule has 0 spiro atoms. The number of carbonyl (C=O) groups is 1. The predicted molar refractivity (Wildman–Crippen MR) is 131 cm³/mol. The highest BCUT2D eigenvalue weighted by Gasteiger charge is 2.50. The summed E-state index contributed by atoms with van der Waals surface area (Å²) in [7, 11) is -2.20. The maximum atomic E-state index is 12.7. The van der Waals surface area contributed by atoms with Crippen LogP contribution in [-0.2, 0) is 9.16 Å². The standard InChI is InChI=1S/C24H33N5O4Si/c1-7-17-18(30)20(33-34(5,6)24(2,3)4)19(32-17)16-13-27-29-21(16)25-14-26-23(29)28-22(31)15-11-9-8-10-12-15/h8-14,17-20,30H,7H2,1-6H3,(H,25,26,28,31)/t17-,18?,19+,20+/m1/s1. The van der Waals surface area contributed by atoms with E-state index < -0.39 is 26.6 Å². The van der Waals surface area contributed by atoms with Gasteiger partial charge in [-0.1, -0.05) is 45.9 Å². The Kier molecular flexibility index (Phi) is 6.60. The topological polar surface area (TPSA) is 111 Å². The number of anilines is 1. The van der Waals surface area contributed by atoms with Crippen LogP contribution in [-0.4, -0.2) is 57.2 Å². The van der Waals surface area contributed by atoms with Crippen molar-refractivity contribution in [3.05, 3.63) is 54.0 Å². The van der Waals surface area contributed by atoms with Gasteiger partial charge in [0.1, 0.15) is 24.6 Å². The first-order chi connectivity index (χ1) is 16.0. The molecular formula is C24H33N5O4Si. The largest absolute Gasteiger partial charge is 0.408 e. The van der Waals surface area contributed by atoms with E-state index in [1.165, 1.54) is 10.8 Å². The summed E-state index contributed by atoms with van der Waals surface area (Å²) < 4.78 is 14.4. The van der Waals surface area contributed by atoms with Crippen molar-refractivity contribution in [2.45, 2.75) is 76.7 Å². The van der Waals surface area contributed by atoms with Crippen LogP contribution < -0.4 is 5.32 Å². The molecule has 2 aromatic heterocycles. The van der Waals surface area contributed by atoms with Crippen LogP contribution in [0.15, 0.2) is 42.9 Å². The number of benzene rings is 1. The molecule has 0 aliphatic carbocycles. The summed E-state index contributed by atoms with van der Waals surface area (Å²) in [6.07, 6.45) is 1.48. The molecule has 1 fully saturated rings. The number of aliphatic hydroxyl groups is 1. The van der Waals surface area contributed by atoms with E-state index in [1.54, 1.807) is 30.5 Å². The monoisotopic (exact) mass is 483 g/mol. The molecule has 1 aliphatic rings. The van der Waals surface area contributed by atoms with Crippen molar-refractivity contribution in [1.82, 2.24) is 19.6 Å². The molecule has 3 aromatic rings. The molecule has 0 saturated carbocycles. The average molecular weight is 484 g/mol. The lowest BCUT2D eigenvalue weighted by Crippen LogP contribution is -2.48. The summed E-state index contributed by atoms with van der Waals surface area (Å²) in [5.41, 5.74) is 1.70. The van der Waals surface area contributed by atoms with Crippen molar-refractivity contribution < 1.29 is 19.1 Å². The predicted octanol–water partition coefficient (Wildman–Crippen LogP) is 3.98. The van der Waals surface area contributed by atoms with Crippen LogP contribution >= 0.6 is 0 Å². The molecule has 0 radical (unpaired) electrons. The smallest absolute Gasteiger partial charge is 0.258 e. The number of nitrogens with one attached hydrogen (secondary N) is 1. The van der Waals surface area contributed by atoms with Gasteiger partial charge in [0.15, 0.2) is 14.0 Å². The van der Waals surface area contributed by atoms with E-state index in [2.05, 4.69) is 54.2 Å². The van der Waals surface area contributed by atoms with E-state index in [-0.39, 0.29) is 23.0 Å². The van der Waals surface area contributed by atoms with E-state index >= 15 is 0 Å². The Hall–Kier alpha value is -2.66. The summed E-state index contributed by atoms with van der Waals surface area (Å²) in [5, 5.41) is 18.3. The highest BCUT2D eigenvalue weighted by Crippen LogP contribution is 2.44. The Balaban J connectivity index is 1.68. The number of hydrogen-bond acceptors (Lipinski definition) is 7. The summed E-state index contributed by atoms with van der Waals surface area (Å²) in [4.78, 5) is 21.3. The second-order valence-electron chi connectivity index (χ2n) is 10.2. The molecule has 2 N–H and O–H groups in total. The number of hydrogen-bond donors (Lipinski definition) is 2. The SMILES string of the molecule is CC[C@H]1O[C@@H](c2cnn3c(NC(=O)c4ccccc4)ncnc23)[C@@H](O[Si](C)(C)C(C)(C)C)C1O. The van der Waals surface area contributed by atoms with Gasteiger partial charge >= 0.3 is 0 Å². The van der Waals surface area contributed by atoms with Gasteiger partial charge in [0.05, 0.1) is 12.3 Å². The third-order valence-electron chi connectivity index (χ3n) is 6.88. The van der Waals surface area contributed by atoms with Gasteiger partial charge in [-0.3, -0.25) is 10.1 Å². The molecule has 34 heavy (non-hydrogen) atoms. The number of ether oxygens (including phenoxy) is 1. The van der Waals surface area contributed by atoms with Crippen molar-refractivity contribution in [2.75, 3.05) is 5.32 Å². The number of carbonyl (C=O) groups excluding carboxylic acids is 1. The molecule has 182 valence electrons. The quantitative estimate of drug-likeness (QED) is 0.510. The maximum absolute atomic E-state index is 12.7. The van der Waals surface area contributed by atoms with E-state index in [0.717, 1.165) is 0 Å². The van der Waals surface area contributed by atoms with Crippen LogP contribution in [0.25, 0.3) is 5.65 Å². The summed E-state index contributed by atoms with van der Waals surface area (Å²) in [5.74, 6) is -0.0482. The normalized spacial score (nSPS) is 23.4. The average Bonchev–Trinajstić information content (AvgIpc) is 3.35. The van der Waals surface area contributed by atoms with Crippen LogP contribution in [0.1, 0.15) is 56.1 Å². The van der Waals surface area contributed by atoms with E-state index in [0.29, 0.717) is 23.2 Å². The van der Waals surface area contributed by atoms with Crippen LogP contribution in [0.4, 0.5) is 5.95 Å². The number of aliphatic hydroxyl groups excluding tert-OH is 1. The van der Waals surface area contributed by atoms with Crippen LogP contribution in [0.5, 0.6) is 0 Å². The number of amides is 1. The zero-order valence-electron chi connectivity index (χ0n) is 20.5. The molecular weight excluding hydrogens is 450 g/mol. The lowest BCUT2D eigenvalue weighted by Gasteiger charge is -2.40. The van der Waals surface area contributed by atoms with Crippen LogP contribution in [0.2, 0.25) is 18.1 Å². The highest BCUT2D eigenvalue weighted by molar-refractivity contribution is 6.74. The number of aromatic nitrogens is 4. The Labute approximate surface area is 200 Å². The van der Waals surface area contributed by atoms with E-state index in [4.69, 9.17) is 9.16 Å². The molecule has 9 nitrogen and oxygen atoms in total. The molecule has 10 heteroatoms. The molecule has 1 amide bonds. The highest BCUT2D eigenvalue weighted by atomic mass is 28.4. The van der Waals surface area contributed by atoms with Crippen molar-refractivity contribution in [1.29, 1.82) is 0 Å². The minimum absolute atomic E-state index is 0.0281. The van der Waals surface area contributed by atoms with Gasteiger partial charge in [-0.2, -0.15) is 9.61 Å². The van der Waals surface area contributed by atoms with Gasteiger partial charge in [-0.15, -0.1) is 0 Å². The second-order valence-corrected chi connectivity index (χ2v) is 14.9. The Morgan fingerprint density at radius 2 is 1.94 bits per heavy atom. The second kappa shape index (κ2) is 9.18. The number of fused-ring (bicyclic) bond motifs is 1. The zero-order valence-corrected chi connectivity index (χ0v) is 21.5. The van der Waals surface area contributed by atoms with Crippen molar-refractivity contribution >= 4 is 25.8 Å². The Morgan fingerprint density at radius 3 is 2.59 bits per heavy atom. The Bertz CT molecular complexity index is 1160. The van der Waals surface area contributed by atoms with E-state index in [9.17, 15) is 9.90 Å². The zero-order chi connectivity index (χ0) is 24.7. The minimum Gasteiger partial charge on any atom is -0.408 e. The van der Waals surface area contributed by atoms with E-state index in [1.807, 2.05) is 13.0 Å². The molecule has 1 aromatic carbocycles. The maximum Gasteiger partial charge on any atom is 0.258 e. The molecule has 3 heterocycles. The fourth-order valence-corrected chi connectivity index (χ4v) is 5.15. The van der Waals surface area contributed by atoms with Gasteiger partial charge in [0.2, 0.25) is 5.95 Å².